The molecule has 1 saturated heterocycles. The minimum atomic E-state index is -0.0881. The molecular formula is C19H38N2O2. The zero-order valence-corrected chi connectivity index (χ0v) is 15.6. The summed E-state index contributed by atoms with van der Waals surface area (Å²) < 4.78 is 5.66. The van der Waals surface area contributed by atoms with Gasteiger partial charge in [0.1, 0.15) is 0 Å². The number of nitrogens with one attached hydrogen (secondary N) is 1. The lowest BCUT2D eigenvalue weighted by Gasteiger charge is -2.38. The molecule has 1 N–H and O–H groups in total. The summed E-state index contributed by atoms with van der Waals surface area (Å²) >= 11 is 0. The van der Waals surface area contributed by atoms with Crippen LogP contribution in [0.25, 0.3) is 0 Å². The number of unbranched alkanes of at least 4 members (excludes halogenated alkanes) is 8. The number of carbonyl (C=O) groups is 1. The lowest BCUT2D eigenvalue weighted by molar-refractivity contribution is -0.163. The van der Waals surface area contributed by atoms with Gasteiger partial charge in [-0.2, -0.15) is 0 Å². The van der Waals surface area contributed by atoms with Gasteiger partial charge in [0, 0.05) is 32.1 Å². The summed E-state index contributed by atoms with van der Waals surface area (Å²) in [7, 11) is 0. The number of ether oxygens (including phenoxy) is 1. The molecule has 0 bridgehead atoms. The second-order valence-corrected chi connectivity index (χ2v) is 7.06. The zero-order valence-electron chi connectivity index (χ0n) is 15.6. The Morgan fingerprint density at radius 2 is 1.70 bits per heavy atom. The number of esters is 1. The van der Waals surface area contributed by atoms with Gasteiger partial charge in [-0.3, -0.25) is 9.69 Å². The van der Waals surface area contributed by atoms with Gasteiger partial charge in [0.15, 0.2) is 6.23 Å². The van der Waals surface area contributed by atoms with E-state index in [-0.39, 0.29) is 12.2 Å². The Bertz CT molecular complexity index is 308. The normalized spacial score (nSPS) is 19.2. The van der Waals surface area contributed by atoms with E-state index in [1.165, 1.54) is 44.9 Å². The van der Waals surface area contributed by atoms with E-state index in [0.717, 1.165) is 32.5 Å². The number of nitrogens with zero attached hydrogens (tertiary/aromatic N) is 1. The van der Waals surface area contributed by atoms with Crippen molar-refractivity contribution >= 4 is 5.97 Å². The van der Waals surface area contributed by atoms with Crippen LogP contribution in [0.5, 0.6) is 0 Å². The fourth-order valence-corrected chi connectivity index (χ4v) is 3.19. The van der Waals surface area contributed by atoms with Crippen molar-refractivity contribution in [2.24, 2.45) is 0 Å². The van der Waals surface area contributed by atoms with Crippen molar-refractivity contribution in [3.63, 3.8) is 0 Å². The van der Waals surface area contributed by atoms with E-state index in [9.17, 15) is 4.79 Å². The molecule has 0 saturated carbocycles. The van der Waals surface area contributed by atoms with E-state index in [2.05, 4.69) is 31.0 Å². The molecule has 1 unspecified atom stereocenters. The molecule has 4 nitrogen and oxygen atoms in total. The van der Waals surface area contributed by atoms with Crippen LogP contribution in [0.3, 0.4) is 0 Å². The molecule has 136 valence electrons. The molecule has 23 heavy (non-hydrogen) atoms. The summed E-state index contributed by atoms with van der Waals surface area (Å²) in [6, 6.07) is 0.419. The van der Waals surface area contributed by atoms with Crippen LogP contribution < -0.4 is 5.32 Å². The molecule has 4 heteroatoms. The highest BCUT2D eigenvalue weighted by Gasteiger charge is 2.27. The van der Waals surface area contributed by atoms with Gasteiger partial charge in [0.05, 0.1) is 0 Å². The number of carbonyl (C=O) groups excluding carboxylic acids is 1. The van der Waals surface area contributed by atoms with Crippen LogP contribution in [0.1, 0.15) is 85.0 Å². The summed E-state index contributed by atoms with van der Waals surface area (Å²) in [5.41, 5.74) is 0. The van der Waals surface area contributed by atoms with Crippen LogP contribution in [-0.2, 0) is 9.53 Å². The second-order valence-electron chi connectivity index (χ2n) is 7.06. The third kappa shape index (κ3) is 9.31. The SMILES string of the molecule is CCCCCCCCCCCC(=O)OC1CNCCN1C(C)C. The van der Waals surface area contributed by atoms with Crippen LogP contribution in [-0.4, -0.2) is 42.8 Å². The molecule has 1 heterocycles. The van der Waals surface area contributed by atoms with Crippen molar-refractivity contribution in [2.75, 3.05) is 19.6 Å². The molecule has 1 rings (SSSR count). The topological polar surface area (TPSA) is 41.6 Å². The van der Waals surface area contributed by atoms with E-state index >= 15 is 0 Å². The fraction of sp³-hybridized carbons (Fsp3) is 0.947. The molecular weight excluding hydrogens is 288 g/mol. The Hall–Kier alpha value is -0.610. The third-order valence-electron chi connectivity index (χ3n) is 4.65. The summed E-state index contributed by atoms with van der Waals surface area (Å²) in [6.45, 7) is 9.25. The van der Waals surface area contributed by atoms with Crippen molar-refractivity contribution in [2.45, 2.75) is 97.2 Å². The monoisotopic (exact) mass is 326 g/mol. The number of hydrogen-bond acceptors (Lipinski definition) is 4. The van der Waals surface area contributed by atoms with Crippen molar-refractivity contribution in [1.82, 2.24) is 10.2 Å². The van der Waals surface area contributed by atoms with Crippen molar-refractivity contribution in [3.05, 3.63) is 0 Å². The maximum absolute atomic E-state index is 12.0. The predicted molar refractivity (Wildman–Crippen MR) is 96.4 cm³/mol. The lowest BCUT2D eigenvalue weighted by Crippen LogP contribution is -2.55. The van der Waals surface area contributed by atoms with Gasteiger partial charge in [-0.15, -0.1) is 0 Å². The van der Waals surface area contributed by atoms with Crippen LogP contribution in [0.2, 0.25) is 0 Å². The maximum Gasteiger partial charge on any atom is 0.307 e. The van der Waals surface area contributed by atoms with Crippen LogP contribution in [0.15, 0.2) is 0 Å². The van der Waals surface area contributed by atoms with Crippen LogP contribution >= 0.6 is 0 Å². The van der Waals surface area contributed by atoms with E-state index in [0.29, 0.717) is 12.5 Å². The molecule has 0 aromatic carbocycles. The summed E-state index contributed by atoms with van der Waals surface area (Å²) in [5, 5.41) is 3.31. The molecule has 0 radical (unpaired) electrons. The first-order valence-corrected chi connectivity index (χ1v) is 9.81. The molecule has 0 spiro atoms. The van der Waals surface area contributed by atoms with E-state index < -0.39 is 0 Å². The van der Waals surface area contributed by atoms with Crippen LogP contribution in [0.4, 0.5) is 0 Å². The number of piperazine rings is 1. The van der Waals surface area contributed by atoms with Gasteiger partial charge in [0.2, 0.25) is 0 Å². The van der Waals surface area contributed by atoms with Gasteiger partial charge >= 0.3 is 5.97 Å². The van der Waals surface area contributed by atoms with Crippen molar-refractivity contribution in [1.29, 1.82) is 0 Å². The standard InChI is InChI=1S/C19H38N2O2/c1-4-5-6-7-8-9-10-11-12-13-19(22)23-18-16-20-14-15-21(18)17(2)3/h17-18,20H,4-16H2,1-3H3. The van der Waals surface area contributed by atoms with Crippen molar-refractivity contribution in [3.8, 4) is 0 Å². The molecule has 1 atom stereocenters. The zero-order chi connectivity index (χ0) is 16.9. The number of hydrogen-bond donors (Lipinski definition) is 1. The second kappa shape index (κ2) is 12.8. The lowest BCUT2D eigenvalue weighted by atomic mass is 10.1. The highest BCUT2D eigenvalue weighted by Crippen LogP contribution is 2.13. The molecule has 0 aliphatic carbocycles. The summed E-state index contributed by atoms with van der Waals surface area (Å²) in [4.78, 5) is 14.3. The Kier molecular flexibility index (Phi) is 11.3. The Balaban J connectivity index is 2.03. The largest absolute Gasteiger partial charge is 0.445 e. The molecule has 1 fully saturated rings. The van der Waals surface area contributed by atoms with Gasteiger partial charge < -0.3 is 10.1 Å². The van der Waals surface area contributed by atoms with Crippen molar-refractivity contribution < 1.29 is 9.53 Å². The average molecular weight is 327 g/mol. The Labute approximate surface area is 143 Å². The first-order valence-electron chi connectivity index (χ1n) is 9.81. The number of rotatable bonds is 12. The summed E-state index contributed by atoms with van der Waals surface area (Å²) in [5.74, 6) is -0.0349. The minimum absolute atomic E-state index is 0.0349. The predicted octanol–water partition coefficient (Wildman–Crippen LogP) is 4.09. The van der Waals surface area contributed by atoms with Gasteiger partial charge in [0.25, 0.3) is 0 Å². The fourth-order valence-electron chi connectivity index (χ4n) is 3.19. The first-order chi connectivity index (χ1) is 11.1. The first kappa shape index (κ1) is 20.4. The minimum Gasteiger partial charge on any atom is -0.445 e. The quantitative estimate of drug-likeness (QED) is 0.433. The molecule has 1 aliphatic heterocycles. The molecule has 0 aromatic heterocycles. The highest BCUT2D eigenvalue weighted by molar-refractivity contribution is 5.69. The summed E-state index contributed by atoms with van der Waals surface area (Å²) in [6.07, 6.45) is 11.9. The molecule has 1 aliphatic rings. The third-order valence-corrected chi connectivity index (χ3v) is 4.65. The Morgan fingerprint density at radius 3 is 2.30 bits per heavy atom. The smallest absolute Gasteiger partial charge is 0.307 e. The van der Waals surface area contributed by atoms with Crippen LogP contribution in [0, 0.1) is 0 Å². The van der Waals surface area contributed by atoms with E-state index in [4.69, 9.17) is 4.74 Å². The van der Waals surface area contributed by atoms with Gasteiger partial charge in [-0.05, 0) is 20.3 Å². The van der Waals surface area contributed by atoms with Gasteiger partial charge in [-0.25, -0.2) is 0 Å². The molecule has 0 amide bonds. The molecule has 0 aromatic rings. The Morgan fingerprint density at radius 1 is 1.09 bits per heavy atom. The average Bonchev–Trinajstić information content (AvgIpc) is 2.53. The van der Waals surface area contributed by atoms with Gasteiger partial charge in [-0.1, -0.05) is 58.3 Å². The van der Waals surface area contributed by atoms with E-state index in [1.807, 2.05) is 0 Å². The maximum atomic E-state index is 12.0. The highest BCUT2D eigenvalue weighted by atomic mass is 16.6. The van der Waals surface area contributed by atoms with E-state index in [1.54, 1.807) is 0 Å².